The van der Waals surface area contributed by atoms with E-state index in [4.69, 9.17) is 5.73 Å². The summed E-state index contributed by atoms with van der Waals surface area (Å²) in [5.74, 6) is 0. The minimum Gasteiger partial charge on any atom is -0.397 e. The van der Waals surface area contributed by atoms with E-state index >= 15 is 0 Å². The van der Waals surface area contributed by atoms with Crippen molar-refractivity contribution in [3.8, 4) is 0 Å². The molecule has 0 aliphatic rings. The van der Waals surface area contributed by atoms with E-state index in [0.29, 0.717) is 45.0 Å². The molecule has 2 aromatic rings. The number of sulfonamides is 2. The van der Waals surface area contributed by atoms with Crippen molar-refractivity contribution in [3.63, 3.8) is 0 Å². The lowest BCUT2D eigenvalue weighted by Crippen LogP contribution is -2.34. The Labute approximate surface area is 210 Å². The summed E-state index contributed by atoms with van der Waals surface area (Å²) in [6.07, 6.45) is 2.35. The molecular weight excluding hydrogens is 488 g/mol. The summed E-state index contributed by atoms with van der Waals surface area (Å²) in [6.45, 7) is 8.53. The third-order valence-corrected chi connectivity index (χ3v) is 7.58. The fourth-order valence-corrected chi connectivity index (χ4v) is 4.97. The number of nitrogens with zero attached hydrogens (tertiary/aromatic N) is 2. The van der Waals surface area contributed by atoms with E-state index in [1.165, 1.54) is 10.6 Å². The fourth-order valence-electron chi connectivity index (χ4n) is 3.62. The van der Waals surface area contributed by atoms with Crippen LogP contribution in [0.25, 0.3) is 0 Å². The van der Waals surface area contributed by atoms with Crippen LogP contribution in [0.2, 0.25) is 0 Å². The van der Waals surface area contributed by atoms with E-state index < -0.39 is 20.0 Å². The zero-order valence-electron chi connectivity index (χ0n) is 21.1. The van der Waals surface area contributed by atoms with Crippen molar-refractivity contribution >= 4 is 48.5 Å². The second-order valence-corrected chi connectivity index (χ2v) is 12.2. The maximum Gasteiger partial charge on any atom is 0.211 e. The lowest BCUT2D eigenvalue weighted by atomic mass is 10.1. The van der Waals surface area contributed by atoms with Crippen LogP contribution in [-0.4, -0.2) is 72.9 Å². The minimum absolute atomic E-state index is 0.300. The summed E-state index contributed by atoms with van der Waals surface area (Å²) in [7, 11) is -6.50. The van der Waals surface area contributed by atoms with Gasteiger partial charge in [-0.3, -0.25) is 0 Å². The van der Waals surface area contributed by atoms with Crippen molar-refractivity contribution in [2.24, 2.45) is 0 Å². The molecule has 35 heavy (non-hydrogen) atoms. The topological polar surface area (TPSA) is 137 Å². The number of likely N-dealkylation sites (N-methyl/N-ethyl adjacent to an activating group) is 2. The van der Waals surface area contributed by atoms with Crippen LogP contribution in [0.15, 0.2) is 36.4 Å². The highest BCUT2D eigenvalue weighted by Crippen LogP contribution is 2.32. The van der Waals surface area contributed by atoms with Gasteiger partial charge in [0.2, 0.25) is 20.0 Å². The fraction of sp³-hybridized carbons (Fsp3) is 0.478. The monoisotopic (exact) mass is 526 g/mol. The molecular formula is C23H38N6O4S2. The number of benzene rings is 2. The van der Waals surface area contributed by atoms with E-state index in [0.717, 1.165) is 34.6 Å². The van der Waals surface area contributed by atoms with Gasteiger partial charge < -0.3 is 21.3 Å². The van der Waals surface area contributed by atoms with Crippen LogP contribution in [0.5, 0.6) is 0 Å². The largest absolute Gasteiger partial charge is 0.397 e. The second kappa shape index (κ2) is 12.4. The Balaban J connectivity index is 2.20. The van der Waals surface area contributed by atoms with Gasteiger partial charge in [-0.25, -0.2) is 25.9 Å². The Kier molecular flexibility index (Phi) is 10.2. The number of nitrogen functional groups attached to an aromatic ring is 1. The van der Waals surface area contributed by atoms with Gasteiger partial charge in [0.1, 0.15) is 0 Å². The summed E-state index contributed by atoms with van der Waals surface area (Å²) >= 11 is 0. The van der Waals surface area contributed by atoms with Crippen LogP contribution in [-0.2, 0) is 20.0 Å². The van der Waals surface area contributed by atoms with Crippen molar-refractivity contribution < 1.29 is 16.8 Å². The predicted octanol–water partition coefficient (Wildman–Crippen LogP) is 2.39. The van der Waals surface area contributed by atoms with Gasteiger partial charge in [0, 0.05) is 45.0 Å². The summed E-state index contributed by atoms with van der Waals surface area (Å²) in [5.41, 5.74) is 11.2. The van der Waals surface area contributed by atoms with E-state index in [1.807, 2.05) is 57.2 Å². The molecule has 2 rings (SSSR count). The molecule has 0 atom stereocenters. The number of hydrogen-bond donors (Lipinski definition) is 4. The van der Waals surface area contributed by atoms with E-state index in [9.17, 15) is 16.8 Å². The van der Waals surface area contributed by atoms with Crippen LogP contribution >= 0.6 is 0 Å². The molecule has 12 heteroatoms. The lowest BCUT2D eigenvalue weighted by Gasteiger charge is -2.25. The third kappa shape index (κ3) is 9.21. The van der Waals surface area contributed by atoms with Crippen molar-refractivity contribution in [1.29, 1.82) is 0 Å². The zero-order valence-corrected chi connectivity index (χ0v) is 22.8. The van der Waals surface area contributed by atoms with Gasteiger partial charge in [0.25, 0.3) is 0 Å². The van der Waals surface area contributed by atoms with Crippen LogP contribution in [0.3, 0.4) is 0 Å². The molecule has 0 spiro atoms. The molecule has 0 unspecified atom stereocenters. The Morgan fingerprint density at radius 2 is 1.57 bits per heavy atom. The number of anilines is 5. The molecule has 0 aliphatic heterocycles. The molecule has 0 fully saturated rings. The average molecular weight is 527 g/mol. The molecule has 0 saturated carbocycles. The summed E-state index contributed by atoms with van der Waals surface area (Å²) in [6, 6.07) is 11.6. The third-order valence-electron chi connectivity index (χ3n) is 5.47. The first kappa shape index (κ1) is 28.7. The van der Waals surface area contributed by atoms with Gasteiger partial charge in [-0.05, 0) is 49.7 Å². The standard InChI is InChI=1S/C23H38N6O4S2/c1-6-28(14-13-26-34(4,30)31)19-9-10-20(24)22(17-19)27-21-11-8-18(3)16-23(21)25-12-15-29(7-2)35(5,32)33/h8-11,16-17,25-27H,6-7,12-15,24H2,1-5H3. The minimum atomic E-state index is -3.25. The molecule has 5 N–H and O–H groups in total. The summed E-state index contributed by atoms with van der Waals surface area (Å²) < 4.78 is 50.4. The normalized spacial score (nSPS) is 12.1. The summed E-state index contributed by atoms with van der Waals surface area (Å²) in [4.78, 5) is 2.06. The van der Waals surface area contributed by atoms with Gasteiger partial charge in [0.15, 0.2) is 0 Å². The molecule has 0 saturated heterocycles. The second-order valence-electron chi connectivity index (χ2n) is 8.37. The summed E-state index contributed by atoms with van der Waals surface area (Å²) in [5, 5.41) is 6.73. The van der Waals surface area contributed by atoms with Gasteiger partial charge >= 0.3 is 0 Å². The van der Waals surface area contributed by atoms with Crippen molar-refractivity contribution in [2.75, 3.05) is 73.0 Å². The maximum atomic E-state index is 11.9. The van der Waals surface area contributed by atoms with Crippen LogP contribution in [0.4, 0.5) is 28.4 Å². The Hall–Kier alpha value is -2.54. The number of aryl methyl sites for hydroxylation is 1. The van der Waals surface area contributed by atoms with E-state index in [-0.39, 0.29) is 0 Å². The first-order valence-corrected chi connectivity index (χ1v) is 15.2. The highest BCUT2D eigenvalue weighted by atomic mass is 32.2. The van der Waals surface area contributed by atoms with E-state index in [2.05, 4.69) is 20.3 Å². The molecule has 0 aliphatic carbocycles. The average Bonchev–Trinajstić information content (AvgIpc) is 2.76. The molecule has 2 aromatic carbocycles. The van der Waals surface area contributed by atoms with Crippen LogP contribution in [0.1, 0.15) is 19.4 Å². The van der Waals surface area contributed by atoms with Crippen LogP contribution < -0.4 is 26.0 Å². The van der Waals surface area contributed by atoms with Crippen molar-refractivity contribution in [1.82, 2.24) is 9.03 Å². The number of hydrogen-bond acceptors (Lipinski definition) is 8. The van der Waals surface area contributed by atoms with Gasteiger partial charge in [-0.1, -0.05) is 13.0 Å². The Morgan fingerprint density at radius 3 is 2.17 bits per heavy atom. The Morgan fingerprint density at radius 1 is 0.857 bits per heavy atom. The number of rotatable bonds is 14. The van der Waals surface area contributed by atoms with E-state index in [1.54, 1.807) is 0 Å². The maximum absolute atomic E-state index is 11.9. The van der Waals surface area contributed by atoms with Crippen LogP contribution in [0, 0.1) is 6.92 Å². The van der Waals surface area contributed by atoms with Gasteiger partial charge in [-0.15, -0.1) is 0 Å². The molecule has 196 valence electrons. The smallest absolute Gasteiger partial charge is 0.211 e. The molecule has 0 amide bonds. The first-order chi connectivity index (χ1) is 16.3. The van der Waals surface area contributed by atoms with Gasteiger partial charge in [0.05, 0.1) is 35.3 Å². The predicted molar refractivity (Wildman–Crippen MR) is 147 cm³/mol. The quantitative estimate of drug-likeness (QED) is 0.276. The van der Waals surface area contributed by atoms with Gasteiger partial charge in [-0.2, -0.15) is 0 Å². The number of nitrogens with two attached hydrogens (primary N) is 1. The van der Waals surface area contributed by atoms with Crippen molar-refractivity contribution in [3.05, 3.63) is 42.0 Å². The zero-order chi connectivity index (χ0) is 26.2. The highest BCUT2D eigenvalue weighted by Gasteiger charge is 2.14. The van der Waals surface area contributed by atoms with Crippen molar-refractivity contribution in [2.45, 2.75) is 20.8 Å². The first-order valence-electron chi connectivity index (χ1n) is 11.5. The molecule has 0 radical (unpaired) electrons. The Bertz CT molecular complexity index is 1200. The number of nitrogens with one attached hydrogen (secondary N) is 3. The molecule has 0 heterocycles. The lowest BCUT2D eigenvalue weighted by molar-refractivity contribution is 0.444. The molecule has 10 nitrogen and oxygen atoms in total. The SMILES string of the molecule is CCN(CCNS(C)(=O)=O)c1ccc(N)c(Nc2ccc(C)cc2NCCN(CC)S(C)(=O)=O)c1. The molecule has 0 bridgehead atoms. The molecule has 0 aromatic heterocycles. The highest BCUT2D eigenvalue weighted by molar-refractivity contribution is 7.88.